The molecule has 2 aliphatic carbocycles. The third-order valence-electron chi connectivity index (χ3n) is 5.72. The molecule has 1 atom stereocenters. The first-order chi connectivity index (χ1) is 14.1. The van der Waals surface area contributed by atoms with Crippen LogP contribution in [0.15, 0.2) is 102 Å². The van der Waals surface area contributed by atoms with Crippen LogP contribution in [-0.4, -0.2) is 10.2 Å². The van der Waals surface area contributed by atoms with Crippen LogP contribution in [0, 0.1) is 5.92 Å². The molecule has 0 bridgehead atoms. The van der Waals surface area contributed by atoms with Gasteiger partial charge in [-0.3, -0.25) is 0 Å². The highest BCUT2D eigenvalue weighted by Gasteiger charge is 2.20. The molecule has 2 aliphatic rings. The average molecular weight is 383 g/mol. The van der Waals surface area contributed by atoms with Crippen LogP contribution in [0.4, 0.5) is 0 Å². The Hall–Kier alpha value is -3.26. The summed E-state index contributed by atoms with van der Waals surface area (Å²) >= 11 is 0. The lowest BCUT2D eigenvalue weighted by molar-refractivity contribution is 0.475. The second-order valence-corrected chi connectivity index (χ2v) is 7.75. The molecule has 146 valence electrons. The molecule has 2 N–H and O–H groups in total. The van der Waals surface area contributed by atoms with E-state index in [2.05, 4.69) is 43.4 Å². The normalized spacial score (nSPS) is 15.9. The van der Waals surface area contributed by atoms with Gasteiger partial charge in [0.1, 0.15) is 11.5 Å². The zero-order valence-electron chi connectivity index (χ0n) is 16.7. The van der Waals surface area contributed by atoms with Gasteiger partial charge in [-0.25, -0.2) is 0 Å². The van der Waals surface area contributed by atoms with Crippen LogP contribution in [0.1, 0.15) is 37.3 Å². The Bertz CT molecular complexity index is 981. The van der Waals surface area contributed by atoms with Gasteiger partial charge in [0.05, 0.1) is 0 Å². The Labute approximate surface area is 172 Å². The predicted octanol–water partition coefficient (Wildman–Crippen LogP) is 6.70. The minimum Gasteiger partial charge on any atom is -0.508 e. The number of benzene rings is 2. The second-order valence-electron chi connectivity index (χ2n) is 7.75. The molecule has 2 heteroatoms. The van der Waals surface area contributed by atoms with Gasteiger partial charge in [-0.05, 0) is 77.3 Å². The Kier molecular flexibility index (Phi) is 5.53. The maximum atomic E-state index is 9.80. The van der Waals surface area contributed by atoms with Crippen LogP contribution >= 0.6 is 0 Å². The quantitative estimate of drug-likeness (QED) is 0.584. The first kappa shape index (κ1) is 19.1. The van der Waals surface area contributed by atoms with Gasteiger partial charge in [-0.1, -0.05) is 73.2 Å². The molecule has 0 heterocycles. The fraction of sp³-hybridized carbons (Fsp3) is 0.185. The zero-order chi connectivity index (χ0) is 20.2. The van der Waals surface area contributed by atoms with Crippen molar-refractivity contribution in [2.24, 2.45) is 5.92 Å². The molecule has 0 spiro atoms. The van der Waals surface area contributed by atoms with Crippen LogP contribution in [0.5, 0.6) is 11.5 Å². The zero-order valence-corrected chi connectivity index (χ0v) is 16.7. The summed E-state index contributed by atoms with van der Waals surface area (Å²) in [5, 5.41) is 19.6. The largest absolute Gasteiger partial charge is 0.508 e. The van der Waals surface area contributed by atoms with E-state index in [0.717, 1.165) is 30.4 Å². The topological polar surface area (TPSA) is 40.5 Å². The van der Waals surface area contributed by atoms with E-state index in [0.29, 0.717) is 5.92 Å². The van der Waals surface area contributed by atoms with E-state index in [1.165, 1.54) is 22.3 Å². The van der Waals surface area contributed by atoms with Crippen molar-refractivity contribution in [2.75, 3.05) is 0 Å². The smallest absolute Gasteiger partial charge is 0.115 e. The van der Waals surface area contributed by atoms with Gasteiger partial charge in [0.25, 0.3) is 0 Å². The molecule has 0 radical (unpaired) electrons. The highest BCUT2D eigenvalue weighted by molar-refractivity contribution is 5.85. The lowest BCUT2D eigenvalue weighted by Crippen LogP contribution is -2.05. The standard InChI is InChI=1S/C27H26O2/c1-19(20-6-2-3-7-20)18-26(21-8-4-5-9-21)27(22-10-14-24(28)15-11-22)23-12-16-25(29)17-13-23/h2-6,8,10-17,19,28-29H,7,9,18H2,1H3/t19-/m0/s1. The highest BCUT2D eigenvalue weighted by atomic mass is 16.3. The van der Waals surface area contributed by atoms with Crippen molar-refractivity contribution in [3.63, 3.8) is 0 Å². The number of hydrogen-bond donors (Lipinski definition) is 2. The van der Waals surface area contributed by atoms with Crippen molar-refractivity contribution in [1.82, 2.24) is 0 Å². The molecule has 2 nitrogen and oxygen atoms in total. The molecule has 4 rings (SSSR count). The molecule has 2 aromatic rings. The van der Waals surface area contributed by atoms with E-state index in [1.807, 2.05) is 24.3 Å². The van der Waals surface area contributed by atoms with Crippen LogP contribution in [0.3, 0.4) is 0 Å². The highest BCUT2D eigenvalue weighted by Crippen LogP contribution is 2.39. The van der Waals surface area contributed by atoms with E-state index in [1.54, 1.807) is 24.3 Å². The number of aromatic hydroxyl groups is 2. The first-order valence-electron chi connectivity index (χ1n) is 10.2. The third-order valence-corrected chi connectivity index (χ3v) is 5.72. The molecule has 29 heavy (non-hydrogen) atoms. The molecule has 0 saturated heterocycles. The molecule has 0 saturated carbocycles. The molecule has 0 aromatic heterocycles. The van der Waals surface area contributed by atoms with Gasteiger partial charge in [0.15, 0.2) is 0 Å². The van der Waals surface area contributed by atoms with Crippen molar-refractivity contribution < 1.29 is 10.2 Å². The van der Waals surface area contributed by atoms with Gasteiger partial charge in [-0.15, -0.1) is 0 Å². The maximum Gasteiger partial charge on any atom is 0.115 e. The van der Waals surface area contributed by atoms with Crippen molar-refractivity contribution in [2.45, 2.75) is 26.2 Å². The number of hydrogen-bond acceptors (Lipinski definition) is 2. The number of phenols is 2. The van der Waals surface area contributed by atoms with Gasteiger partial charge in [-0.2, -0.15) is 0 Å². The Morgan fingerprint density at radius 1 is 0.793 bits per heavy atom. The van der Waals surface area contributed by atoms with E-state index in [-0.39, 0.29) is 11.5 Å². The Morgan fingerprint density at radius 3 is 1.83 bits per heavy atom. The van der Waals surface area contributed by atoms with Crippen molar-refractivity contribution in [1.29, 1.82) is 0 Å². The molecular weight excluding hydrogens is 356 g/mol. The summed E-state index contributed by atoms with van der Waals surface area (Å²) in [6.07, 6.45) is 16.0. The molecule has 0 aliphatic heterocycles. The summed E-state index contributed by atoms with van der Waals surface area (Å²) in [6, 6.07) is 14.8. The SMILES string of the molecule is C[C@@H](CC(C1=CC=CC1)=C(c1ccc(O)cc1)c1ccc(O)cc1)C1=CC=CC1. The molecule has 2 aromatic carbocycles. The number of rotatable bonds is 6. The summed E-state index contributed by atoms with van der Waals surface area (Å²) in [6.45, 7) is 2.30. The minimum absolute atomic E-state index is 0.262. The van der Waals surface area contributed by atoms with Crippen LogP contribution in [-0.2, 0) is 0 Å². The van der Waals surface area contributed by atoms with Crippen LogP contribution < -0.4 is 0 Å². The lowest BCUT2D eigenvalue weighted by atomic mass is 9.82. The van der Waals surface area contributed by atoms with Crippen molar-refractivity contribution >= 4 is 5.57 Å². The average Bonchev–Trinajstić information content (AvgIpc) is 3.44. The van der Waals surface area contributed by atoms with E-state index < -0.39 is 0 Å². The van der Waals surface area contributed by atoms with E-state index >= 15 is 0 Å². The summed E-state index contributed by atoms with van der Waals surface area (Å²) < 4.78 is 0. The molecular formula is C27H26O2. The van der Waals surface area contributed by atoms with Gasteiger partial charge >= 0.3 is 0 Å². The summed E-state index contributed by atoms with van der Waals surface area (Å²) in [5.74, 6) is 0.959. The molecule has 0 unspecified atom stereocenters. The van der Waals surface area contributed by atoms with Gasteiger partial charge in [0.2, 0.25) is 0 Å². The summed E-state index contributed by atoms with van der Waals surface area (Å²) in [7, 11) is 0. The Morgan fingerprint density at radius 2 is 1.34 bits per heavy atom. The van der Waals surface area contributed by atoms with E-state index in [4.69, 9.17) is 0 Å². The number of phenolic OH excluding ortho intramolecular Hbond substituents is 2. The first-order valence-corrected chi connectivity index (χ1v) is 10.2. The van der Waals surface area contributed by atoms with E-state index in [9.17, 15) is 10.2 Å². The minimum atomic E-state index is 0.262. The fourth-order valence-corrected chi connectivity index (χ4v) is 4.10. The second kappa shape index (κ2) is 8.40. The number of allylic oxidation sites excluding steroid dienone is 9. The molecule has 0 amide bonds. The Balaban J connectivity index is 1.86. The van der Waals surface area contributed by atoms with Crippen molar-refractivity contribution in [3.05, 3.63) is 113 Å². The van der Waals surface area contributed by atoms with Gasteiger partial charge in [0, 0.05) is 0 Å². The summed E-state index contributed by atoms with van der Waals surface area (Å²) in [5.41, 5.74) is 7.43. The van der Waals surface area contributed by atoms with Crippen LogP contribution in [0.25, 0.3) is 5.57 Å². The third kappa shape index (κ3) is 4.27. The lowest BCUT2D eigenvalue weighted by Gasteiger charge is -2.22. The van der Waals surface area contributed by atoms with Gasteiger partial charge < -0.3 is 10.2 Å². The van der Waals surface area contributed by atoms with Crippen LogP contribution in [0.2, 0.25) is 0 Å². The molecule has 0 fully saturated rings. The van der Waals surface area contributed by atoms with Crippen molar-refractivity contribution in [3.8, 4) is 11.5 Å². The summed E-state index contributed by atoms with van der Waals surface area (Å²) in [4.78, 5) is 0. The fourth-order valence-electron chi connectivity index (χ4n) is 4.10. The maximum absolute atomic E-state index is 9.80. The predicted molar refractivity (Wildman–Crippen MR) is 120 cm³/mol. The monoisotopic (exact) mass is 382 g/mol.